The molecule has 2 unspecified atom stereocenters. The van der Waals surface area contributed by atoms with E-state index >= 15 is 0 Å². The Bertz CT molecular complexity index is 800. The van der Waals surface area contributed by atoms with E-state index in [1.807, 2.05) is 17.1 Å². The molecule has 26 heavy (non-hydrogen) atoms. The third-order valence-electron chi connectivity index (χ3n) is 5.36. The number of rotatable bonds is 4. The Balaban J connectivity index is 1.37. The van der Waals surface area contributed by atoms with Gasteiger partial charge in [-0.3, -0.25) is 19.4 Å². The van der Waals surface area contributed by atoms with Gasteiger partial charge in [-0.2, -0.15) is 4.31 Å². The van der Waals surface area contributed by atoms with Crippen LogP contribution in [0.4, 0.5) is 0 Å². The molecule has 3 heterocycles. The number of sulfonamides is 1. The van der Waals surface area contributed by atoms with Crippen molar-refractivity contribution in [1.82, 2.24) is 14.1 Å². The number of allylic oxidation sites excluding steroid dienone is 2. The Morgan fingerprint density at radius 2 is 1.62 bits per heavy atom. The number of thiophene rings is 1. The monoisotopic (exact) mass is 395 g/mol. The Morgan fingerprint density at radius 1 is 1.00 bits per heavy atom. The van der Waals surface area contributed by atoms with Crippen LogP contribution < -0.4 is 0 Å². The first-order valence-electron chi connectivity index (χ1n) is 8.75. The van der Waals surface area contributed by atoms with Crippen molar-refractivity contribution in [2.75, 3.05) is 32.8 Å². The zero-order valence-electron chi connectivity index (χ0n) is 14.3. The fourth-order valence-corrected chi connectivity index (χ4v) is 6.42. The van der Waals surface area contributed by atoms with Crippen molar-refractivity contribution in [2.45, 2.75) is 17.1 Å². The minimum Gasteiger partial charge on any atom is -0.283 e. The smallest absolute Gasteiger partial charge is 0.252 e. The summed E-state index contributed by atoms with van der Waals surface area (Å²) in [4.78, 5) is 28.4. The Kier molecular flexibility index (Phi) is 4.72. The number of carbonyl (C=O) groups excluding carboxylic acids is 2. The highest BCUT2D eigenvalue weighted by molar-refractivity contribution is 7.91. The van der Waals surface area contributed by atoms with Crippen molar-refractivity contribution in [3.05, 3.63) is 29.7 Å². The first-order chi connectivity index (χ1) is 12.5. The van der Waals surface area contributed by atoms with Crippen LogP contribution in [0, 0.1) is 11.8 Å². The summed E-state index contributed by atoms with van der Waals surface area (Å²) in [5, 5.41) is 1.75. The van der Waals surface area contributed by atoms with Gasteiger partial charge in [-0.1, -0.05) is 18.2 Å². The van der Waals surface area contributed by atoms with Gasteiger partial charge < -0.3 is 0 Å². The van der Waals surface area contributed by atoms with E-state index in [4.69, 9.17) is 0 Å². The van der Waals surface area contributed by atoms with Crippen molar-refractivity contribution in [2.24, 2.45) is 11.8 Å². The number of nitrogens with zero attached hydrogens (tertiary/aromatic N) is 3. The average Bonchev–Trinajstić information content (AvgIpc) is 3.27. The van der Waals surface area contributed by atoms with Crippen LogP contribution in [0.2, 0.25) is 0 Å². The van der Waals surface area contributed by atoms with Crippen LogP contribution in [0.25, 0.3) is 0 Å². The number of piperazine rings is 1. The molecule has 7 nitrogen and oxygen atoms in total. The SMILES string of the molecule is O=C1C2CC=CCC2C(=O)N1CN1CCN(S(=O)(=O)c2cccs2)CC1. The van der Waals surface area contributed by atoms with Gasteiger partial charge in [0.05, 0.1) is 18.5 Å². The van der Waals surface area contributed by atoms with E-state index in [2.05, 4.69) is 0 Å². The molecule has 1 aromatic rings. The molecule has 4 rings (SSSR count). The molecule has 2 saturated heterocycles. The second-order valence-electron chi connectivity index (χ2n) is 6.86. The zero-order valence-corrected chi connectivity index (χ0v) is 15.9. The standard InChI is InChI=1S/C17H21N3O4S2/c21-16-13-4-1-2-5-14(13)17(22)20(16)12-18-7-9-19(10-8-18)26(23,24)15-6-3-11-25-15/h1-3,6,11,13-14H,4-5,7-10,12H2. The van der Waals surface area contributed by atoms with Crippen molar-refractivity contribution < 1.29 is 18.0 Å². The van der Waals surface area contributed by atoms with E-state index in [9.17, 15) is 18.0 Å². The van der Waals surface area contributed by atoms with E-state index in [1.54, 1.807) is 17.5 Å². The molecule has 0 N–H and O–H groups in total. The number of hydrogen-bond donors (Lipinski definition) is 0. The van der Waals surface area contributed by atoms with Crippen LogP contribution in [0.15, 0.2) is 33.9 Å². The fraction of sp³-hybridized carbons (Fsp3) is 0.529. The molecule has 2 atom stereocenters. The van der Waals surface area contributed by atoms with Crippen LogP contribution in [0.3, 0.4) is 0 Å². The Hall–Kier alpha value is -1.55. The molecule has 2 fully saturated rings. The van der Waals surface area contributed by atoms with E-state index in [0.29, 0.717) is 43.2 Å². The molecule has 0 spiro atoms. The predicted octanol–water partition coefficient (Wildman–Crippen LogP) is 0.963. The number of hydrogen-bond acceptors (Lipinski definition) is 6. The lowest BCUT2D eigenvalue weighted by atomic mass is 9.85. The summed E-state index contributed by atoms with van der Waals surface area (Å²) in [5.74, 6) is -0.600. The lowest BCUT2D eigenvalue weighted by molar-refractivity contribution is -0.142. The normalized spacial score (nSPS) is 27.9. The molecule has 0 radical (unpaired) electrons. The molecule has 140 valence electrons. The zero-order chi connectivity index (χ0) is 18.3. The number of fused-ring (bicyclic) bond motifs is 1. The molecule has 0 bridgehead atoms. The lowest BCUT2D eigenvalue weighted by Gasteiger charge is -2.35. The second kappa shape index (κ2) is 6.88. The minimum absolute atomic E-state index is 0.0852. The van der Waals surface area contributed by atoms with Gasteiger partial charge in [0.25, 0.3) is 10.0 Å². The molecule has 0 saturated carbocycles. The number of carbonyl (C=O) groups is 2. The first-order valence-corrected chi connectivity index (χ1v) is 11.1. The van der Waals surface area contributed by atoms with Crippen molar-refractivity contribution in [3.8, 4) is 0 Å². The highest BCUT2D eigenvalue weighted by Crippen LogP contribution is 2.35. The van der Waals surface area contributed by atoms with Crippen LogP contribution in [0.5, 0.6) is 0 Å². The van der Waals surface area contributed by atoms with Gasteiger partial charge in [0, 0.05) is 26.2 Å². The van der Waals surface area contributed by atoms with E-state index in [0.717, 1.165) is 0 Å². The third-order valence-corrected chi connectivity index (χ3v) is 8.63. The van der Waals surface area contributed by atoms with Gasteiger partial charge in [-0.15, -0.1) is 11.3 Å². The van der Waals surface area contributed by atoms with E-state index in [1.165, 1.54) is 20.5 Å². The maximum Gasteiger partial charge on any atom is 0.252 e. The molecular formula is C17H21N3O4S2. The summed E-state index contributed by atoms with van der Waals surface area (Å²) in [6, 6.07) is 3.34. The maximum atomic E-state index is 12.6. The topological polar surface area (TPSA) is 78.0 Å². The summed E-state index contributed by atoms with van der Waals surface area (Å²) in [5.41, 5.74) is 0. The number of amides is 2. The van der Waals surface area contributed by atoms with Gasteiger partial charge in [-0.25, -0.2) is 8.42 Å². The summed E-state index contributed by atoms with van der Waals surface area (Å²) < 4.78 is 27.0. The lowest BCUT2D eigenvalue weighted by Crippen LogP contribution is -2.52. The van der Waals surface area contributed by atoms with Gasteiger partial charge in [0.1, 0.15) is 4.21 Å². The van der Waals surface area contributed by atoms with Crippen molar-refractivity contribution in [1.29, 1.82) is 0 Å². The fourth-order valence-electron chi connectivity index (χ4n) is 3.86. The van der Waals surface area contributed by atoms with E-state index in [-0.39, 0.29) is 30.3 Å². The van der Waals surface area contributed by atoms with Crippen molar-refractivity contribution in [3.63, 3.8) is 0 Å². The van der Waals surface area contributed by atoms with Crippen molar-refractivity contribution >= 4 is 33.2 Å². The van der Waals surface area contributed by atoms with Crippen LogP contribution >= 0.6 is 11.3 Å². The minimum atomic E-state index is -3.44. The van der Waals surface area contributed by atoms with Crippen LogP contribution in [-0.2, 0) is 19.6 Å². The first kappa shape index (κ1) is 17.8. The summed E-state index contributed by atoms with van der Waals surface area (Å²) in [6.45, 7) is 2.01. The largest absolute Gasteiger partial charge is 0.283 e. The highest BCUT2D eigenvalue weighted by Gasteiger charge is 2.47. The molecule has 3 aliphatic rings. The Labute approximate surface area is 156 Å². The highest BCUT2D eigenvalue weighted by atomic mass is 32.2. The van der Waals surface area contributed by atoms with Gasteiger partial charge >= 0.3 is 0 Å². The molecule has 2 aliphatic heterocycles. The van der Waals surface area contributed by atoms with Gasteiger partial charge in [-0.05, 0) is 24.3 Å². The summed E-state index contributed by atoms with van der Waals surface area (Å²) in [6.07, 6.45) is 5.23. The molecule has 9 heteroatoms. The van der Waals surface area contributed by atoms with E-state index < -0.39 is 10.0 Å². The van der Waals surface area contributed by atoms with Gasteiger partial charge in [0.15, 0.2) is 0 Å². The number of likely N-dealkylation sites (tertiary alicyclic amines) is 1. The summed E-state index contributed by atoms with van der Waals surface area (Å²) in [7, 11) is -3.44. The number of imide groups is 1. The predicted molar refractivity (Wildman–Crippen MR) is 96.7 cm³/mol. The maximum absolute atomic E-state index is 12.6. The van der Waals surface area contributed by atoms with Crippen LogP contribution in [0.1, 0.15) is 12.8 Å². The molecule has 1 aliphatic carbocycles. The Morgan fingerprint density at radius 3 is 2.15 bits per heavy atom. The third kappa shape index (κ3) is 3.02. The quantitative estimate of drug-likeness (QED) is 0.561. The average molecular weight is 396 g/mol. The molecule has 0 aromatic carbocycles. The van der Waals surface area contributed by atoms with Gasteiger partial charge in [0.2, 0.25) is 11.8 Å². The van der Waals surface area contributed by atoms with Crippen LogP contribution in [-0.4, -0.2) is 67.2 Å². The molecule has 2 amide bonds. The molecule has 1 aromatic heterocycles. The second-order valence-corrected chi connectivity index (χ2v) is 9.97. The summed E-state index contributed by atoms with van der Waals surface area (Å²) >= 11 is 1.22. The molecular weight excluding hydrogens is 374 g/mol.